The number of halogens is 1. The lowest BCUT2D eigenvalue weighted by Crippen LogP contribution is -2.13. The maximum absolute atomic E-state index is 10.9. The summed E-state index contributed by atoms with van der Waals surface area (Å²) in [5.74, 6) is -0.524. The average molecular weight is 249 g/mol. The van der Waals surface area contributed by atoms with E-state index < -0.39 is 12.1 Å². The van der Waals surface area contributed by atoms with Crippen LogP contribution < -0.4 is 0 Å². The summed E-state index contributed by atoms with van der Waals surface area (Å²) >= 11 is 3.09. The zero-order valence-electron chi connectivity index (χ0n) is 7.20. The van der Waals surface area contributed by atoms with Gasteiger partial charge in [-0.25, -0.2) is 4.79 Å². The molecule has 0 spiro atoms. The molecule has 0 aromatic carbocycles. The number of furan rings is 1. The summed E-state index contributed by atoms with van der Waals surface area (Å²) in [7, 11) is 1.21. The standard InChI is InChI=1S/C8H9BrO4/c1-4-3-5(9)13-7(4)6(10)8(11)12-2/h3,6,10H,1-2H3. The van der Waals surface area contributed by atoms with Gasteiger partial charge in [-0.2, -0.15) is 0 Å². The van der Waals surface area contributed by atoms with Gasteiger partial charge in [0.2, 0.25) is 6.10 Å². The zero-order chi connectivity index (χ0) is 10.0. The topological polar surface area (TPSA) is 59.7 Å². The molecule has 0 aliphatic rings. The minimum atomic E-state index is -1.35. The van der Waals surface area contributed by atoms with Crippen molar-refractivity contribution >= 4 is 21.9 Å². The normalized spacial score (nSPS) is 12.6. The van der Waals surface area contributed by atoms with Gasteiger partial charge in [-0.1, -0.05) is 0 Å². The molecule has 1 heterocycles. The van der Waals surface area contributed by atoms with Gasteiger partial charge in [-0.15, -0.1) is 0 Å². The fourth-order valence-corrected chi connectivity index (χ4v) is 1.46. The van der Waals surface area contributed by atoms with Crippen LogP contribution in [0.15, 0.2) is 15.2 Å². The number of esters is 1. The van der Waals surface area contributed by atoms with Crippen molar-refractivity contribution in [2.45, 2.75) is 13.0 Å². The summed E-state index contributed by atoms with van der Waals surface area (Å²) < 4.78 is 9.91. The number of carbonyl (C=O) groups excluding carboxylic acids is 1. The van der Waals surface area contributed by atoms with E-state index in [1.807, 2.05) is 0 Å². The highest BCUT2D eigenvalue weighted by atomic mass is 79.9. The first kappa shape index (κ1) is 10.3. The van der Waals surface area contributed by atoms with E-state index in [0.717, 1.165) is 0 Å². The van der Waals surface area contributed by atoms with Crippen molar-refractivity contribution in [3.8, 4) is 0 Å². The molecule has 4 nitrogen and oxygen atoms in total. The summed E-state index contributed by atoms with van der Waals surface area (Å²) in [6.07, 6.45) is -1.35. The number of ether oxygens (including phenoxy) is 1. The van der Waals surface area contributed by atoms with Crippen LogP contribution in [0.1, 0.15) is 17.4 Å². The summed E-state index contributed by atoms with van der Waals surface area (Å²) in [4.78, 5) is 10.9. The van der Waals surface area contributed by atoms with Crippen LogP contribution in [0, 0.1) is 6.92 Å². The highest BCUT2D eigenvalue weighted by Gasteiger charge is 2.23. The molecule has 1 aromatic rings. The smallest absolute Gasteiger partial charge is 0.342 e. The molecule has 0 saturated carbocycles. The molecule has 0 radical (unpaired) electrons. The summed E-state index contributed by atoms with van der Waals surface area (Å²) in [5, 5.41) is 9.39. The van der Waals surface area contributed by atoms with Crippen LogP contribution in [0.3, 0.4) is 0 Å². The van der Waals surface area contributed by atoms with Gasteiger partial charge in [-0.3, -0.25) is 0 Å². The summed E-state index contributed by atoms with van der Waals surface area (Å²) in [6.45, 7) is 1.73. The predicted octanol–water partition coefficient (Wildman–Crippen LogP) is 1.56. The van der Waals surface area contributed by atoms with Crippen LogP contribution in [0.2, 0.25) is 0 Å². The maximum Gasteiger partial charge on any atom is 0.342 e. The maximum atomic E-state index is 10.9. The van der Waals surface area contributed by atoms with Crippen molar-refractivity contribution in [3.05, 3.63) is 22.1 Å². The fourth-order valence-electron chi connectivity index (χ4n) is 0.946. The van der Waals surface area contributed by atoms with E-state index in [1.54, 1.807) is 13.0 Å². The van der Waals surface area contributed by atoms with E-state index in [9.17, 15) is 9.90 Å². The molecule has 1 unspecified atom stereocenters. The lowest BCUT2D eigenvalue weighted by atomic mass is 10.2. The number of carbonyl (C=O) groups is 1. The molecule has 5 heteroatoms. The Morgan fingerprint density at radius 3 is 2.77 bits per heavy atom. The molecule has 0 bridgehead atoms. The quantitative estimate of drug-likeness (QED) is 0.808. The number of rotatable bonds is 2. The third kappa shape index (κ3) is 2.10. The second-order valence-corrected chi connectivity index (χ2v) is 3.31. The van der Waals surface area contributed by atoms with Crippen molar-refractivity contribution in [2.75, 3.05) is 7.11 Å². The molecule has 0 fully saturated rings. The Morgan fingerprint density at radius 1 is 1.77 bits per heavy atom. The van der Waals surface area contributed by atoms with Gasteiger partial charge in [0, 0.05) is 0 Å². The molecule has 1 rings (SSSR count). The van der Waals surface area contributed by atoms with Crippen LogP contribution in [-0.2, 0) is 9.53 Å². The van der Waals surface area contributed by atoms with E-state index in [0.29, 0.717) is 10.2 Å². The van der Waals surface area contributed by atoms with Gasteiger partial charge in [0.25, 0.3) is 0 Å². The van der Waals surface area contributed by atoms with Crippen LogP contribution in [0.25, 0.3) is 0 Å². The van der Waals surface area contributed by atoms with Gasteiger partial charge < -0.3 is 14.3 Å². The van der Waals surface area contributed by atoms with E-state index in [2.05, 4.69) is 20.7 Å². The highest BCUT2D eigenvalue weighted by molar-refractivity contribution is 9.10. The van der Waals surface area contributed by atoms with Gasteiger partial charge in [0.15, 0.2) is 4.67 Å². The van der Waals surface area contributed by atoms with Gasteiger partial charge >= 0.3 is 5.97 Å². The average Bonchev–Trinajstić information content (AvgIpc) is 2.42. The predicted molar refractivity (Wildman–Crippen MR) is 48.1 cm³/mol. The molecule has 13 heavy (non-hydrogen) atoms. The van der Waals surface area contributed by atoms with Crippen LogP contribution in [0.5, 0.6) is 0 Å². The van der Waals surface area contributed by atoms with Crippen LogP contribution in [0.4, 0.5) is 0 Å². The van der Waals surface area contributed by atoms with E-state index in [4.69, 9.17) is 4.42 Å². The van der Waals surface area contributed by atoms with Crippen molar-refractivity contribution in [2.24, 2.45) is 0 Å². The van der Waals surface area contributed by atoms with Crippen LogP contribution in [-0.4, -0.2) is 18.2 Å². The number of methoxy groups -OCH3 is 1. The Kier molecular flexibility index (Phi) is 3.11. The third-order valence-electron chi connectivity index (χ3n) is 1.60. The lowest BCUT2D eigenvalue weighted by molar-refractivity contribution is -0.151. The minimum Gasteiger partial charge on any atom is -0.467 e. The Hall–Kier alpha value is -0.810. The largest absolute Gasteiger partial charge is 0.467 e. The Bertz CT molecular complexity index is 318. The molecule has 1 N–H and O–H groups in total. The number of hydrogen-bond acceptors (Lipinski definition) is 4. The third-order valence-corrected chi connectivity index (χ3v) is 1.99. The van der Waals surface area contributed by atoms with Crippen molar-refractivity contribution in [3.63, 3.8) is 0 Å². The zero-order valence-corrected chi connectivity index (χ0v) is 8.79. The van der Waals surface area contributed by atoms with E-state index in [-0.39, 0.29) is 5.76 Å². The molecule has 1 aromatic heterocycles. The summed E-state index contributed by atoms with van der Waals surface area (Å²) in [5.41, 5.74) is 0.699. The first-order valence-electron chi connectivity index (χ1n) is 3.58. The fraction of sp³-hybridized carbons (Fsp3) is 0.375. The van der Waals surface area contributed by atoms with Gasteiger partial charge in [-0.05, 0) is 34.5 Å². The molecule has 0 aliphatic heterocycles. The first-order chi connectivity index (χ1) is 6.06. The second kappa shape index (κ2) is 3.93. The number of aryl methyl sites for hydroxylation is 1. The minimum absolute atomic E-state index is 0.207. The van der Waals surface area contributed by atoms with Crippen molar-refractivity contribution in [1.82, 2.24) is 0 Å². The highest BCUT2D eigenvalue weighted by Crippen LogP contribution is 2.25. The Morgan fingerprint density at radius 2 is 2.38 bits per heavy atom. The van der Waals surface area contributed by atoms with Gasteiger partial charge in [0.05, 0.1) is 7.11 Å². The lowest BCUT2D eigenvalue weighted by Gasteiger charge is -2.05. The molecule has 0 saturated heterocycles. The molecular weight excluding hydrogens is 240 g/mol. The van der Waals surface area contributed by atoms with Gasteiger partial charge in [0.1, 0.15) is 5.76 Å². The monoisotopic (exact) mass is 248 g/mol. The van der Waals surface area contributed by atoms with Crippen molar-refractivity contribution in [1.29, 1.82) is 0 Å². The molecule has 1 atom stereocenters. The molecular formula is C8H9BrO4. The number of aliphatic hydroxyl groups excluding tert-OH is 1. The molecule has 72 valence electrons. The van der Waals surface area contributed by atoms with E-state index in [1.165, 1.54) is 7.11 Å². The Labute approximate surface area is 83.6 Å². The second-order valence-electron chi connectivity index (χ2n) is 2.52. The number of aliphatic hydroxyl groups is 1. The Balaban J connectivity index is 2.94. The van der Waals surface area contributed by atoms with Crippen molar-refractivity contribution < 1.29 is 19.1 Å². The summed E-state index contributed by atoms with van der Waals surface area (Å²) in [6, 6.07) is 1.67. The number of hydrogen-bond donors (Lipinski definition) is 1. The SMILES string of the molecule is COC(=O)C(O)c1oc(Br)cc1C. The molecule has 0 amide bonds. The molecule has 0 aliphatic carbocycles. The van der Waals surface area contributed by atoms with Crippen LogP contribution >= 0.6 is 15.9 Å². The first-order valence-corrected chi connectivity index (χ1v) is 4.37. The van der Waals surface area contributed by atoms with E-state index >= 15 is 0 Å².